The number of aromatic hydroxyl groups is 1. The zero-order valence-corrected chi connectivity index (χ0v) is 21.9. The Balaban J connectivity index is 2.45. The number of phenols is 1. The molecule has 1 aliphatic carbocycles. The molecule has 10 nitrogen and oxygen atoms in total. The number of carbonyl (C=O) groups excluding carboxylic acids is 4. The average molecular weight is 505 g/mol. The highest BCUT2D eigenvalue weighted by Crippen LogP contribution is 2.39. The molecule has 4 amide bonds. The summed E-state index contributed by atoms with van der Waals surface area (Å²) < 4.78 is 5.27. The Labute approximate surface area is 212 Å². The molecule has 0 radical (unpaired) electrons. The Bertz CT molecular complexity index is 954. The lowest BCUT2D eigenvalue weighted by atomic mass is 9.98. The monoisotopic (exact) mass is 504 g/mol. The molecular formula is C26H40N4O6. The van der Waals surface area contributed by atoms with Crippen molar-refractivity contribution in [1.29, 1.82) is 0 Å². The van der Waals surface area contributed by atoms with Gasteiger partial charge < -0.3 is 31.1 Å². The van der Waals surface area contributed by atoms with Crippen molar-refractivity contribution in [3.05, 3.63) is 29.3 Å². The van der Waals surface area contributed by atoms with Crippen LogP contribution in [-0.4, -0.2) is 58.1 Å². The fraction of sp³-hybridized carbons (Fsp3) is 0.615. The quantitative estimate of drug-likeness (QED) is 0.321. The number of nitrogens with zero attached hydrogens (tertiary/aromatic N) is 1. The number of unbranched alkanes of at least 4 members (excludes halogenated alkanes) is 2. The van der Waals surface area contributed by atoms with Gasteiger partial charge in [0.1, 0.15) is 23.4 Å². The molecule has 1 aromatic rings. The van der Waals surface area contributed by atoms with E-state index in [0.717, 1.165) is 19.3 Å². The van der Waals surface area contributed by atoms with Crippen molar-refractivity contribution < 1.29 is 29.0 Å². The van der Waals surface area contributed by atoms with Crippen LogP contribution >= 0.6 is 0 Å². The normalized spacial score (nSPS) is 14.9. The number of hydrogen-bond acceptors (Lipinski definition) is 6. The number of para-hydroxylation sites is 1. The van der Waals surface area contributed by atoms with Crippen molar-refractivity contribution in [3.8, 4) is 5.75 Å². The molecule has 10 heteroatoms. The van der Waals surface area contributed by atoms with Gasteiger partial charge in [-0.05, 0) is 52.5 Å². The third-order valence-corrected chi connectivity index (χ3v) is 5.76. The van der Waals surface area contributed by atoms with Crippen LogP contribution in [0.5, 0.6) is 5.75 Å². The van der Waals surface area contributed by atoms with Gasteiger partial charge in [-0.1, -0.05) is 38.0 Å². The average Bonchev–Trinajstić information content (AvgIpc) is 3.59. The van der Waals surface area contributed by atoms with Crippen LogP contribution < -0.4 is 16.4 Å². The molecule has 36 heavy (non-hydrogen) atoms. The standard InChI is InChI=1S/C26H40N4O6/c1-6-7-8-14-28-23(33)21(18-11-9-10-16(2)22(18)32)30(17-12-13-17)24(34)19(15-20(27)31)29-25(35)36-26(3,4)5/h9-11,17,19,21,32H,6-8,12-15H2,1-5H3,(H2,27,31)(H,28,33)(H,29,35). The van der Waals surface area contributed by atoms with Crippen molar-refractivity contribution in [3.63, 3.8) is 0 Å². The molecule has 200 valence electrons. The molecule has 2 unspecified atom stereocenters. The highest BCUT2D eigenvalue weighted by Gasteiger charge is 2.45. The van der Waals surface area contributed by atoms with Gasteiger partial charge in [-0.2, -0.15) is 0 Å². The first-order chi connectivity index (χ1) is 16.9. The third kappa shape index (κ3) is 8.42. The van der Waals surface area contributed by atoms with Crippen LogP contribution in [0.1, 0.15) is 83.4 Å². The van der Waals surface area contributed by atoms with Crippen LogP contribution in [0, 0.1) is 6.92 Å². The second-order valence-electron chi connectivity index (χ2n) is 10.3. The van der Waals surface area contributed by atoms with E-state index in [2.05, 4.69) is 17.6 Å². The highest BCUT2D eigenvalue weighted by atomic mass is 16.6. The highest BCUT2D eigenvalue weighted by molar-refractivity contribution is 5.95. The van der Waals surface area contributed by atoms with Crippen LogP contribution in [0.25, 0.3) is 0 Å². The smallest absolute Gasteiger partial charge is 0.408 e. The number of benzene rings is 1. The summed E-state index contributed by atoms with van der Waals surface area (Å²) in [4.78, 5) is 53.0. The fourth-order valence-corrected chi connectivity index (χ4v) is 3.90. The molecule has 1 aliphatic rings. The predicted octanol–water partition coefficient (Wildman–Crippen LogP) is 2.81. The van der Waals surface area contributed by atoms with E-state index in [4.69, 9.17) is 10.5 Å². The molecule has 0 spiro atoms. The lowest BCUT2D eigenvalue weighted by Gasteiger charge is -2.35. The Morgan fingerprint density at radius 3 is 2.42 bits per heavy atom. The third-order valence-electron chi connectivity index (χ3n) is 5.76. The van der Waals surface area contributed by atoms with E-state index < -0.39 is 47.9 Å². The van der Waals surface area contributed by atoms with E-state index in [9.17, 15) is 24.3 Å². The largest absolute Gasteiger partial charge is 0.507 e. The number of rotatable bonds is 12. The summed E-state index contributed by atoms with van der Waals surface area (Å²) in [5.41, 5.74) is 5.40. The van der Waals surface area contributed by atoms with Crippen molar-refractivity contribution in [1.82, 2.24) is 15.5 Å². The van der Waals surface area contributed by atoms with Gasteiger partial charge in [-0.15, -0.1) is 0 Å². The number of nitrogens with two attached hydrogens (primary N) is 1. The summed E-state index contributed by atoms with van der Waals surface area (Å²) in [5.74, 6) is -1.96. The van der Waals surface area contributed by atoms with Crippen molar-refractivity contribution in [2.24, 2.45) is 5.73 Å². The minimum absolute atomic E-state index is 0.0868. The maximum absolute atomic E-state index is 13.8. The van der Waals surface area contributed by atoms with Crippen LogP contribution in [0.3, 0.4) is 0 Å². The summed E-state index contributed by atoms with van der Waals surface area (Å²) >= 11 is 0. The van der Waals surface area contributed by atoms with Gasteiger partial charge in [0.15, 0.2) is 0 Å². The number of alkyl carbamates (subject to hydrolysis) is 1. The predicted molar refractivity (Wildman–Crippen MR) is 135 cm³/mol. The molecule has 2 rings (SSSR count). The molecule has 0 aromatic heterocycles. The van der Waals surface area contributed by atoms with Crippen LogP contribution in [0.2, 0.25) is 0 Å². The Kier molecular flexibility index (Phi) is 10.1. The molecule has 1 fully saturated rings. The summed E-state index contributed by atoms with van der Waals surface area (Å²) in [5, 5.41) is 16.2. The molecule has 0 saturated heterocycles. The summed E-state index contributed by atoms with van der Waals surface area (Å²) in [6.07, 6.45) is 2.64. The molecule has 0 heterocycles. The lowest BCUT2D eigenvalue weighted by molar-refractivity contribution is -0.144. The number of amides is 4. The number of aryl methyl sites for hydroxylation is 1. The topological polar surface area (TPSA) is 151 Å². The SMILES string of the molecule is CCCCCNC(=O)C(c1cccc(C)c1O)N(C(=O)C(CC(N)=O)NC(=O)OC(C)(C)C)C1CC1. The minimum Gasteiger partial charge on any atom is -0.507 e. The maximum atomic E-state index is 13.8. The first-order valence-electron chi connectivity index (χ1n) is 12.5. The van der Waals surface area contributed by atoms with E-state index in [-0.39, 0.29) is 17.4 Å². The molecule has 0 bridgehead atoms. The maximum Gasteiger partial charge on any atom is 0.408 e. The first kappa shape index (κ1) is 28.9. The van der Waals surface area contributed by atoms with E-state index in [0.29, 0.717) is 24.9 Å². The number of nitrogens with one attached hydrogen (secondary N) is 2. The number of phenolic OH excluding ortho intramolecular Hbond substituents is 1. The zero-order chi connectivity index (χ0) is 27.0. The van der Waals surface area contributed by atoms with Gasteiger partial charge in [0.25, 0.3) is 0 Å². The second-order valence-corrected chi connectivity index (χ2v) is 10.3. The summed E-state index contributed by atoms with van der Waals surface area (Å²) in [7, 11) is 0. The number of primary amides is 1. The lowest BCUT2D eigenvalue weighted by Crippen LogP contribution is -2.54. The summed E-state index contributed by atoms with van der Waals surface area (Å²) in [6.45, 7) is 9.20. The van der Waals surface area contributed by atoms with E-state index in [1.54, 1.807) is 45.9 Å². The molecule has 2 atom stereocenters. The van der Waals surface area contributed by atoms with Crippen molar-refractivity contribution >= 4 is 23.8 Å². The van der Waals surface area contributed by atoms with Gasteiger partial charge in [0.05, 0.1) is 6.42 Å². The van der Waals surface area contributed by atoms with Gasteiger partial charge in [-0.3, -0.25) is 14.4 Å². The first-order valence-corrected chi connectivity index (χ1v) is 12.5. The second kappa shape index (κ2) is 12.6. The van der Waals surface area contributed by atoms with Gasteiger partial charge in [0, 0.05) is 18.2 Å². The zero-order valence-electron chi connectivity index (χ0n) is 21.9. The van der Waals surface area contributed by atoms with E-state index >= 15 is 0 Å². The number of carbonyl (C=O) groups is 4. The summed E-state index contributed by atoms with van der Waals surface area (Å²) in [6, 6.07) is 2.24. The number of ether oxygens (including phenoxy) is 1. The van der Waals surface area contributed by atoms with Crippen LogP contribution in [-0.2, 0) is 19.1 Å². The molecule has 5 N–H and O–H groups in total. The Hall–Kier alpha value is -3.30. The molecule has 1 aromatic carbocycles. The van der Waals surface area contributed by atoms with Gasteiger partial charge in [-0.25, -0.2) is 4.79 Å². The van der Waals surface area contributed by atoms with E-state index in [1.807, 2.05) is 0 Å². The van der Waals surface area contributed by atoms with Crippen LogP contribution in [0.4, 0.5) is 4.79 Å². The van der Waals surface area contributed by atoms with Gasteiger partial charge in [0.2, 0.25) is 17.7 Å². The van der Waals surface area contributed by atoms with Crippen LogP contribution in [0.15, 0.2) is 18.2 Å². The molecule has 0 aliphatic heterocycles. The number of hydrogen-bond donors (Lipinski definition) is 4. The fourth-order valence-electron chi connectivity index (χ4n) is 3.90. The minimum atomic E-state index is -1.33. The van der Waals surface area contributed by atoms with Gasteiger partial charge >= 0.3 is 6.09 Å². The van der Waals surface area contributed by atoms with Crippen molar-refractivity contribution in [2.75, 3.05) is 6.54 Å². The molecule has 1 saturated carbocycles. The van der Waals surface area contributed by atoms with Crippen molar-refractivity contribution in [2.45, 2.75) is 96.9 Å². The molecular weight excluding hydrogens is 464 g/mol. The Morgan fingerprint density at radius 1 is 1.19 bits per heavy atom. The Morgan fingerprint density at radius 2 is 1.86 bits per heavy atom. The van der Waals surface area contributed by atoms with E-state index in [1.165, 1.54) is 4.90 Å².